The van der Waals surface area contributed by atoms with Crippen LogP contribution in [0.5, 0.6) is 0 Å². The van der Waals surface area contributed by atoms with Crippen LogP contribution < -0.4 is 5.32 Å². The van der Waals surface area contributed by atoms with Crippen molar-refractivity contribution in [2.45, 2.75) is 18.9 Å². The van der Waals surface area contributed by atoms with Crippen LogP contribution in [0.25, 0.3) is 0 Å². The number of likely N-dealkylation sites (tertiary alicyclic amines) is 1. The molecule has 4 heteroatoms. The molecule has 2 rings (SSSR count). The normalized spacial score (nSPS) is 20.5. The minimum absolute atomic E-state index is 0.101. The molecule has 1 aromatic carbocycles. The maximum atomic E-state index is 13.3. The van der Waals surface area contributed by atoms with Gasteiger partial charge in [0, 0.05) is 12.6 Å². The monoisotopic (exact) mass is 236 g/mol. The van der Waals surface area contributed by atoms with Crippen molar-refractivity contribution in [1.82, 2.24) is 10.2 Å². The molecule has 1 atom stereocenters. The van der Waals surface area contributed by atoms with Crippen LogP contribution >= 0.6 is 0 Å². The van der Waals surface area contributed by atoms with Crippen LogP contribution in [0.15, 0.2) is 24.3 Å². The Bertz CT molecular complexity index is 408. The number of benzene rings is 1. The molecular weight excluding hydrogens is 219 g/mol. The predicted molar refractivity (Wildman–Crippen MR) is 64.1 cm³/mol. The number of likely N-dealkylation sites (N-methyl/N-ethyl adjacent to an activating group) is 1. The Hall–Kier alpha value is -1.42. The van der Waals surface area contributed by atoms with Crippen molar-refractivity contribution in [2.24, 2.45) is 0 Å². The molecule has 1 fully saturated rings. The van der Waals surface area contributed by atoms with Gasteiger partial charge in [0.2, 0.25) is 5.91 Å². The fraction of sp³-hybridized carbons (Fsp3) is 0.462. The zero-order valence-electron chi connectivity index (χ0n) is 9.95. The second-order valence-corrected chi connectivity index (χ2v) is 4.58. The number of nitrogens with zero attached hydrogens (tertiary/aromatic N) is 1. The second kappa shape index (κ2) is 5.27. The fourth-order valence-corrected chi connectivity index (χ4v) is 2.15. The first-order valence-electron chi connectivity index (χ1n) is 5.86. The van der Waals surface area contributed by atoms with E-state index in [1.54, 1.807) is 18.2 Å². The predicted octanol–water partition coefficient (Wildman–Crippen LogP) is 1.19. The summed E-state index contributed by atoms with van der Waals surface area (Å²) in [6.45, 7) is 1.88. The van der Waals surface area contributed by atoms with Gasteiger partial charge < -0.3 is 10.2 Å². The Balaban J connectivity index is 1.87. The molecule has 1 heterocycles. The van der Waals surface area contributed by atoms with Gasteiger partial charge in [-0.3, -0.25) is 4.79 Å². The molecule has 0 spiro atoms. The van der Waals surface area contributed by atoms with Crippen molar-refractivity contribution in [3.63, 3.8) is 0 Å². The summed E-state index contributed by atoms with van der Waals surface area (Å²) in [6.07, 6.45) is 1.09. The summed E-state index contributed by atoms with van der Waals surface area (Å²) < 4.78 is 13.3. The fourth-order valence-electron chi connectivity index (χ4n) is 2.15. The van der Waals surface area contributed by atoms with E-state index in [9.17, 15) is 9.18 Å². The van der Waals surface area contributed by atoms with Crippen molar-refractivity contribution >= 4 is 5.91 Å². The lowest BCUT2D eigenvalue weighted by atomic mass is 10.1. The molecule has 1 aliphatic heterocycles. The highest BCUT2D eigenvalue weighted by Crippen LogP contribution is 2.09. The molecule has 1 N–H and O–H groups in total. The average molecular weight is 236 g/mol. The number of halogens is 1. The second-order valence-electron chi connectivity index (χ2n) is 4.58. The van der Waals surface area contributed by atoms with E-state index in [1.165, 1.54) is 6.07 Å². The molecule has 17 heavy (non-hydrogen) atoms. The molecule has 0 saturated carbocycles. The van der Waals surface area contributed by atoms with Crippen LogP contribution in [0.2, 0.25) is 0 Å². The summed E-state index contributed by atoms with van der Waals surface area (Å²) in [7, 11) is 2.03. The van der Waals surface area contributed by atoms with E-state index in [-0.39, 0.29) is 24.2 Å². The van der Waals surface area contributed by atoms with Crippen LogP contribution in [-0.2, 0) is 11.2 Å². The van der Waals surface area contributed by atoms with Crippen LogP contribution in [0, 0.1) is 5.82 Å². The van der Waals surface area contributed by atoms with Gasteiger partial charge in [-0.15, -0.1) is 0 Å². The Kier molecular flexibility index (Phi) is 3.74. The Morgan fingerprint density at radius 3 is 2.94 bits per heavy atom. The van der Waals surface area contributed by atoms with Gasteiger partial charge in [-0.2, -0.15) is 0 Å². The highest BCUT2D eigenvalue weighted by atomic mass is 19.1. The molecule has 1 aromatic rings. The molecule has 1 saturated heterocycles. The lowest BCUT2D eigenvalue weighted by molar-refractivity contribution is -0.121. The number of amides is 1. The summed E-state index contributed by atoms with van der Waals surface area (Å²) in [4.78, 5) is 13.9. The third-order valence-electron chi connectivity index (χ3n) is 3.07. The van der Waals surface area contributed by atoms with Crippen molar-refractivity contribution in [1.29, 1.82) is 0 Å². The molecule has 1 aliphatic rings. The van der Waals surface area contributed by atoms with Crippen LogP contribution in [-0.4, -0.2) is 37.0 Å². The molecule has 0 bridgehead atoms. The molecule has 92 valence electrons. The highest BCUT2D eigenvalue weighted by molar-refractivity contribution is 5.78. The third kappa shape index (κ3) is 3.27. The largest absolute Gasteiger partial charge is 0.352 e. The van der Waals surface area contributed by atoms with E-state index in [2.05, 4.69) is 10.2 Å². The smallest absolute Gasteiger partial charge is 0.224 e. The molecule has 1 amide bonds. The lowest BCUT2D eigenvalue weighted by Crippen LogP contribution is -2.37. The summed E-state index contributed by atoms with van der Waals surface area (Å²) >= 11 is 0. The standard InChI is InChI=1S/C13H17FN2O/c1-16-7-6-11(9-16)15-13(17)8-10-4-2-3-5-12(10)14/h2-5,11H,6-9H2,1H3,(H,15,17). The van der Waals surface area contributed by atoms with E-state index >= 15 is 0 Å². The van der Waals surface area contributed by atoms with Crippen molar-refractivity contribution in [3.8, 4) is 0 Å². The number of carbonyl (C=O) groups is 1. The van der Waals surface area contributed by atoms with Gasteiger partial charge in [0.15, 0.2) is 0 Å². The minimum atomic E-state index is -0.314. The minimum Gasteiger partial charge on any atom is -0.352 e. The third-order valence-corrected chi connectivity index (χ3v) is 3.07. The SMILES string of the molecule is CN1CCC(NC(=O)Cc2ccccc2F)C1. The van der Waals surface area contributed by atoms with Crippen LogP contribution in [0.1, 0.15) is 12.0 Å². The summed E-state index contributed by atoms with van der Waals surface area (Å²) in [5.74, 6) is -0.415. The number of hydrogen-bond donors (Lipinski definition) is 1. The highest BCUT2D eigenvalue weighted by Gasteiger charge is 2.21. The van der Waals surface area contributed by atoms with Gasteiger partial charge in [0.05, 0.1) is 6.42 Å². The maximum absolute atomic E-state index is 13.3. The number of nitrogens with one attached hydrogen (secondary N) is 1. The Morgan fingerprint density at radius 1 is 1.53 bits per heavy atom. The zero-order chi connectivity index (χ0) is 12.3. The van der Waals surface area contributed by atoms with Gasteiger partial charge in [-0.1, -0.05) is 18.2 Å². The Labute approximate surface area is 101 Å². The number of hydrogen-bond acceptors (Lipinski definition) is 2. The van der Waals surface area contributed by atoms with E-state index in [0.717, 1.165) is 19.5 Å². The van der Waals surface area contributed by atoms with E-state index in [4.69, 9.17) is 0 Å². The number of carbonyl (C=O) groups excluding carboxylic acids is 1. The average Bonchev–Trinajstić information content (AvgIpc) is 2.67. The molecule has 0 radical (unpaired) electrons. The quantitative estimate of drug-likeness (QED) is 0.855. The van der Waals surface area contributed by atoms with E-state index in [0.29, 0.717) is 5.56 Å². The first kappa shape index (κ1) is 12.0. The van der Waals surface area contributed by atoms with Gasteiger partial charge in [-0.05, 0) is 31.6 Å². The van der Waals surface area contributed by atoms with Gasteiger partial charge >= 0.3 is 0 Å². The first-order chi connectivity index (χ1) is 8.15. The first-order valence-corrected chi connectivity index (χ1v) is 5.86. The van der Waals surface area contributed by atoms with Crippen molar-refractivity contribution < 1.29 is 9.18 Å². The molecular formula is C13H17FN2O. The topological polar surface area (TPSA) is 32.3 Å². The lowest BCUT2D eigenvalue weighted by Gasteiger charge is -2.13. The van der Waals surface area contributed by atoms with Crippen molar-refractivity contribution in [3.05, 3.63) is 35.6 Å². The van der Waals surface area contributed by atoms with E-state index < -0.39 is 0 Å². The van der Waals surface area contributed by atoms with Gasteiger partial charge in [0.25, 0.3) is 0 Å². The maximum Gasteiger partial charge on any atom is 0.224 e. The van der Waals surface area contributed by atoms with E-state index in [1.807, 2.05) is 7.05 Å². The molecule has 3 nitrogen and oxygen atoms in total. The van der Waals surface area contributed by atoms with Gasteiger partial charge in [-0.25, -0.2) is 4.39 Å². The molecule has 1 unspecified atom stereocenters. The van der Waals surface area contributed by atoms with Crippen LogP contribution in [0.4, 0.5) is 4.39 Å². The van der Waals surface area contributed by atoms with Crippen molar-refractivity contribution in [2.75, 3.05) is 20.1 Å². The zero-order valence-corrected chi connectivity index (χ0v) is 9.95. The van der Waals surface area contributed by atoms with Gasteiger partial charge in [0.1, 0.15) is 5.82 Å². The molecule has 0 aliphatic carbocycles. The molecule has 0 aromatic heterocycles. The summed E-state index contributed by atoms with van der Waals surface area (Å²) in [5.41, 5.74) is 0.455. The Morgan fingerprint density at radius 2 is 2.29 bits per heavy atom. The number of rotatable bonds is 3. The summed E-state index contributed by atoms with van der Waals surface area (Å²) in [6, 6.07) is 6.61. The summed E-state index contributed by atoms with van der Waals surface area (Å²) in [5, 5.41) is 2.94. The van der Waals surface area contributed by atoms with Crippen LogP contribution in [0.3, 0.4) is 0 Å².